The van der Waals surface area contributed by atoms with E-state index in [1.54, 1.807) is 0 Å². The highest BCUT2D eigenvalue weighted by Crippen LogP contribution is 2.20. The van der Waals surface area contributed by atoms with Gasteiger partial charge < -0.3 is 5.11 Å². The van der Waals surface area contributed by atoms with Crippen LogP contribution in [-0.2, 0) is 17.1 Å². The molecule has 112 valence electrons. The number of tetrazole rings is 1. The third kappa shape index (κ3) is 2.97. The fraction of sp³-hybridized carbons (Fsp3) is 0.200. The Morgan fingerprint density at radius 3 is 2.62 bits per heavy atom. The minimum absolute atomic E-state index is 0.109. The first-order valence-electron chi connectivity index (χ1n) is 5.51. The van der Waals surface area contributed by atoms with Gasteiger partial charge in [-0.25, -0.2) is 22.3 Å². The molecule has 0 bridgehead atoms. The Morgan fingerprint density at radius 2 is 2.10 bits per heavy atom. The third-order valence-corrected chi connectivity index (χ3v) is 3.81. The van der Waals surface area contributed by atoms with Crippen molar-refractivity contribution in [2.45, 2.75) is 11.8 Å². The molecule has 0 saturated heterocycles. The van der Waals surface area contributed by atoms with Crippen molar-refractivity contribution in [1.29, 1.82) is 0 Å². The minimum atomic E-state index is -4.15. The first-order valence-corrected chi connectivity index (χ1v) is 6.99. The summed E-state index contributed by atoms with van der Waals surface area (Å²) >= 11 is 0. The van der Waals surface area contributed by atoms with Crippen LogP contribution in [0.3, 0.4) is 0 Å². The number of carboxylic acids is 1. The second-order valence-corrected chi connectivity index (χ2v) is 5.80. The molecule has 11 heteroatoms. The Hall–Kier alpha value is -2.56. The first kappa shape index (κ1) is 14.8. The molecular weight excluding hydrogens is 305 g/mol. The van der Waals surface area contributed by atoms with E-state index in [2.05, 4.69) is 15.4 Å². The highest BCUT2D eigenvalue weighted by Gasteiger charge is 2.22. The second-order valence-electron chi connectivity index (χ2n) is 4.11. The number of benzene rings is 1. The van der Waals surface area contributed by atoms with E-state index in [0.29, 0.717) is 0 Å². The number of nitrogens with zero attached hydrogens (tertiary/aromatic N) is 4. The summed E-state index contributed by atoms with van der Waals surface area (Å²) in [5, 5.41) is 19.4. The summed E-state index contributed by atoms with van der Waals surface area (Å²) in [5.74, 6) is -2.83. The molecule has 0 aliphatic carbocycles. The molecule has 0 fully saturated rings. The largest absolute Gasteiger partial charge is 0.478 e. The Labute approximate surface area is 118 Å². The molecule has 1 aromatic carbocycles. The standard InChI is InChI=1S/C10H10FN5O4S/c1-5-3-6(4-7(8(5)11)9(17)18)21(19,20)14-10-12-15-16(2)13-10/h3-4H,1-2H3,(H,13,14)(H,17,18). The number of carboxylic acid groups (broad SMARTS) is 1. The molecular formula is C10H10FN5O4S. The van der Waals surface area contributed by atoms with Gasteiger partial charge in [0.25, 0.3) is 16.0 Å². The summed E-state index contributed by atoms with van der Waals surface area (Å²) in [5.41, 5.74) is -0.843. The lowest BCUT2D eigenvalue weighted by Gasteiger charge is -2.08. The smallest absolute Gasteiger partial charge is 0.338 e. The normalized spacial score (nSPS) is 11.4. The molecule has 0 spiro atoms. The molecule has 2 N–H and O–H groups in total. The number of aromatic carboxylic acids is 1. The van der Waals surface area contributed by atoms with Crippen molar-refractivity contribution >= 4 is 21.9 Å². The van der Waals surface area contributed by atoms with Crippen LogP contribution in [0.4, 0.5) is 10.3 Å². The molecule has 2 rings (SSSR count). The Bertz CT molecular complexity index is 817. The Morgan fingerprint density at radius 1 is 1.43 bits per heavy atom. The second kappa shape index (κ2) is 5.09. The van der Waals surface area contributed by atoms with Gasteiger partial charge in [0.1, 0.15) is 5.82 Å². The van der Waals surface area contributed by atoms with Crippen LogP contribution in [0, 0.1) is 12.7 Å². The van der Waals surface area contributed by atoms with Crippen molar-refractivity contribution in [3.05, 3.63) is 29.1 Å². The average molecular weight is 315 g/mol. The number of rotatable bonds is 4. The van der Waals surface area contributed by atoms with Gasteiger partial charge in [0.05, 0.1) is 17.5 Å². The van der Waals surface area contributed by atoms with Gasteiger partial charge in [0.15, 0.2) is 0 Å². The van der Waals surface area contributed by atoms with E-state index in [1.165, 1.54) is 14.0 Å². The number of aromatic nitrogens is 4. The number of aryl methyl sites for hydroxylation is 2. The van der Waals surface area contributed by atoms with E-state index in [4.69, 9.17) is 5.11 Å². The summed E-state index contributed by atoms with van der Waals surface area (Å²) < 4.78 is 39.8. The lowest BCUT2D eigenvalue weighted by molar-refractivity contribution is 0.0691. The number of hydrogen-bond donors (Lipinski definition) is 2. The van der Waals surface area contributed by atoms with Crippen LogP contribution in [0.25, 0.3) is 0 Å². The first-order chi connectivity index (χ1) is 9.70. The van der Waals surface area contributed by atoms with Crippen LogP contribution < -0.4 is 4.72 Å². The zero-order chi connectivity index (χ0) is 15.8. The molecule has 2 aromatic rings. The number of carbonyl (C=O) groups is 1. The van der Waals surface area contributed by atoms with Crippen molar-refractivity contribution in [1.82, 2.24) is 20.2 Å². The van der Waals surface area contributed by atoms with E-state index in [1.807, 2.05) is 4.72 Å². The van der Waals surface area contributed by atoms with Crippen molar-refractivity contribution in [3.8, 4) is 0 Å². The van der Waals surface area contributed by atoms with Gasteiger partial charge in [0.2, 0.25) is 0 Å². The van der Waals surface area contributed by atoms with Gasteiger partial charge in [0, 0.05) is 0 Å². The molecule has 0 aliphatic rings. The van der Waals surface area contributed by atoms with Gasteiger partial charge in [-0.2, -0.15) is 4.80 Å². The monoisotopic (exact) mass is 315 g/mol. The van der Waals surface area contributed by atoms with Crippen LogP contribution in [-0.4, -0.2) is 39.7 Å². The summed E-state index contributed by atoms with van der Waals surface area (Å²) in [6.45, 7) is 1.27. The van der Waals surface area contributed by atoms with Gasteiger partial charge in [-0.1, -0.05) is 5.10 Å². The van der Waals surface area contributed by atoms with Gasteiger partial charge in [-0.15, -0.1) is 5.10 Å². The Kier molecular flexibility index (Phi) is 3.60. The summed E-state index contributed by atoms with van der Waals surface area (Å²) in [6, 6.07) is 1.74. The zero-order valence-electron chi connectivity index (χ0n) is 10.9. The van der Waals surface area contributed by atoms with Gasteiger partial charge in [-0.05, 0) is 29.8 Å². The molecule has 0 unspecified atom stereocenters. The number of nitrogens with one attached hydrogen (secondary N) is 1. The molecule has 1 aromatic heterocycles. The fourth-order valence-electron chi connectivity index (χ4n) is 1.55. The van der Waals surface area contributed by atoms with E-state index >= 15 is 0 Å². The number of anilines is 1. The number of hydrogen-bond acceptors (Lipinski definition) is 6. The van der Waals surface area contributed by atoms with Crippen LogP contribution in [0.2, 0.25) is 0 Å². The van der Waals surface area contributed by atoms with E-state index < -0.39 is 32.3 Å². The van der Waals surface area contributed by atoms with E-state index in [-0.39, 0.29) is 11.5 Å². The molecule has 0 aliphatic heterocycles. The van der Waals surface area contributed by atoms with Crippen LogP contribution in [0.5, 0.6) is 0 Å². The summed E-state index contributed by atoms with van der Waals surface area (Å²) in [7, 11) is -2.71. The van der Waals surface area contributed by atoms with Crippen molar-refractivity contribution < 1.29 is 22.7 Å². The molecule has 0 radical (unpaired) electrons. The number of halogens is 1. The molecule has 9 nitrogen and oxygen atoms in total. The summed E-state index contributed by atoms with van der Waals surface area (Å²) in [4.78, 5) is 11.5. The molecule has 21 heavy (non-hydrogen) atoms. The SMILES string of the molecule is Cc1cc(S(=O)(=O)Nc2nnn(C)n2)cc(C(=O)O)c1F. The number of sulfonamides is 1. The maximum atomic E-state index is 13.6. The maximum absolute atomic E-state index is 13.6. The predicted molar refractivity (Wildman–Crippen MR) is 67.7 cm³/mol. The van der Waals surface area contributed by atoms with Gasteiger partial charge in [-0.3, -0.25) is 0 Å². The maximum Gasteiger partial charge on any atom is 0.338 e. The molecule has 1 heterocycles. The van der Waals surface area contributed by atoms with E-state index in [0.717, 1.165) is 16.9 Å². The van der Waals surface area contributed by atoms with Crippen molar-refractivity contribution in [2.24, 2.45) is 7.05 Å². The predicted octanol–water partition coefficient (Wildman–Crippen LogP) is 0.157. The lowest BCUT2D eigenvalue weighted by Crippen LogP contribution is -2.16. The van der Waals surface area contributed by atoms with Gasteiger partial charge >= 0.3 is 5.97 Å². The molecule has 0 amide bonds. The average Bonchev–Trinajstić information content (AvgIpc) is 2.76. The van der Waals surface area contributed by atoms with Crippen LogP contribution in [0.1, 0.15) is 15.9 Å². The quantitative estimate of drug-likeness (QED) is 0.822. The van der Waals surface area contributed by atoms with Crippen molar-refractivity contribution in [2.75, 3.05) is 4.72 Å². The topological polar surface area (TPSA) is 127 Å². The molecule has 0 saturated carbocycles. The van der Waals surface area contributed by atoms with Crippen molar-refractivity contribution in [3.63, 3.8) is 0 Å². The van der Waals surface area contributed by atoms with Crippen LogP contribution >= 0.6 is 0 Å². The molecule has 0 atom stereocenters. The third-order valence-electron chi connectivity index (χ3n) is 2.50. The summed E-state index contributed by atoms with van der Waals surface area (Å²) in [6.07, 6.45) is 0. The highest BCUT2D eigenvalue weighted by molar-refractivity contribution is 7.92. The fourth-order valence-corrected chi connectivity index (χ4v) is 2.60. The van der Waals surface area contributed by atoms with E-state index in [9.17, 15) is 17.6 Å². The highest BCUT2D eigenvalue weighted by atomic mass is 32.2. The minimum Gasteiger partial charge on any atom is -0.478 e. The van der Waals surface area contributed by atoms with Crippen LogP contribution in [0.15, 0.2) is 17.0 Å². The Balaban J connectivity index is 2.47. The zero-order valence-corrected chi connectivity index (χ0v) is 11.7. The lowest BCUT2D eigenvalue weighted by atomic mass is 10.1.